The van der Waals surface area contributed by atoms with Crippen LogP contribution in [-0.2, 0) is 16.0 Å². The van der Waals surface area contributed by atoms with E-state index in [1.54, 1.807) is 7.11 Å². The summed E-state index contributed by atoms with van der Waals surface area (Å²) in [5.41, 5.74) is 2.65. The molecule has 4 heteroatoms. The molecule has 1 heterocycles. The van der Waals surface area contributed by atoms with Crippen LogP contribution in [0.2, 0.25) is 0 Å². The van der Waals surface area contributed by atoms with Crippen LogP contribution in [0.25, 0.3) is 0 Å². The van der Waals surface area contributed by atoms with E-state index in [9.17, 15) is 0 Å². The van der Waals surface area contributed by atoms with Crippen molar-refractivity contribution in [1.82, 2.24) is 5.32 Å². The maximum Gasteiger partial charge on any atom is 0.0587 e. The van der Waals surface area contributed by atoms with Crippen LogP contribution in [0.4, 0.5) is 5.69 Å². The molecule has 1 N–H and O–H groups in total. The third-order valence-electron chi connectivity index (χ3n) is 3.99. The molecular formula is C17H28N2O2. The van der Waals surface area contributed by atoms with Crippen LogP contribution in [0.3, 0.4) is 0 Å². The molecule has 4 nitrogen and oxygen atoms in total. The third-order valence-corrected chi connectivity index (χ3v) is 3.99. The van der Waals surface area contributed by atoms with Gasteiger partial charge in [0.2, 0.25) is 0 Å². The smallest absolute Gasteiger partial charge is 0.0587 e. The standard InChI is InChI=1S/C17H28N2O2/c1-19(13-15-6-5-10-21-14-15)17-8-4-3-7-16(17)12-18-9-11-20-2/h3-4,7-8,15,18H,5-6,9-14H2,1-2H3. The molecular weight excluding hydrogens is 264 g/mol. The van der Waals surface area contributed by atoms with E-state index < -0.39 is 0 Å². The van der Waals surface area contributed by atoms with Gasteiger partial charge in [-0.25, -0.2) is 0 Å². The molecule has 1 aliphatic heterocycles. The molecule has 1 unspecified atom stereocenters. The number of ether oxygens (including phenoxy) is 2. The van der Waals surface area contributed by atoms with Gasteiger partial charge in [0.15, 0.2) is 0 Å². The highest BCUT2D eigenvalue weighted by Crippen LogP contribution is 2.22. The topological polar surface area (TPSA) is 33.7 Å². The second kappa shape index (κ2) is 9.03. The third kappa shape index (κ3) is 5.30. The van der Waals surface area contributed by atoms with E-state index in [0.29, 0.717) is 5.92 Å². The lowest BCUT2D eigenvalue weighted by molar-refractivity contribution is 0.0576. The van der Waals surface area contributed by atoms with Crippen molar-refractivity contribution < 1.29 is 9.47 Å². The van der Waals surface area contributed by atoms with Crippen LogP contribution in [-0.4, -0.2) is 47.1 Å². The van der Waals surface area contributed by atoms with Gasteiger partial charge >= 0.3 is 0 Å². The predicted octanol–water partition coefficient (Wildman–Crippen LogP) is 2.29. The lowest BCUT2D eigenvalue weighted by atomic mass is 10.0. The summed E-state index contributed by atoms with van der Waals surface area (Å²) in [6.07, 6.45) is 2.47. The van der Waals surface area contributed by atoms with Gasteiger partial charge in [-0.1, -0.05) is 18.2 Å². The Labute approximate surface area is 128 Å². The Morgan fingerprint density at radius 1 is 1.38 bits per heavy atom. The van der Waals surface area contributed by atoms with Crippen LogP contribution in [0.5, 0.6) is 0 Å². The van der Waals surface area contributed by atoms with E-state index in [0.717, 1.165) is 39.5 Å². The summed E-state index contributed by atoms with van der Waals surface area (Å²) in [5, 5.41) is 3.43. The molecule has 0 spiro atoms. The first-order chi connectivity index (χ1) is 10.3. The Morgan fingerprint density at radius 2 is 2.24 bits per heavy atom. The molecule has 0 saturated carbocycles. The number of nitrogens with zero attached hydrogens (tertiary/aromatic N) is 1. The zero-order chi connectivity index (χ0) is 14.9. The summed E-state index contributed by atoms with van der Waals surface area (Å²) in [7, 11) is 3.91. The first kappa shape index (κ1) is 16.3. The zero-order valence-corrected chi connectivity index (χ0v) is 13.3. The monoisotopic (exact) mass is 292 g/mol. The minimum atomic E-state index is 0.651. The normalized spacial score (nSPS) is 18.7. The van der Waals surface area contributed by atoms with Gasteiger partial charge < -0.3 is 19.7 Å². The van der Waals surface area contributed by atoms with E-state index in [4.69, 9.17) is 9.47 Å². The van der Waals surface area contributed by atoms with Crippen molar-refractivity contribution in [3.05, 3.63) is 29.8 Å². The van der Waals surface area contributed by atoms with Crippen LogP contribution < -0.4 is 10.2 Å². The van der Waals surface area contributed by atoms with Crippen molar-refractivity contribution in [1.29, 1.82) is 0 Å². The fraction of sp³-hybridized carbons (Fsp3) is 0.647. The van der Waals surface area contributed by atoms with E-state index in [2.05, 4.69) is 41.5 Å². The van der Waals surface area contributed by atoms with Crippen molar-refractivity contribution in [2.45, 2.75) is 19.4 Å². The second-order valence-corrected chi connectivity index (χ2v) is 5.76. The first-order valence-electron chi connectivity index (χ1n) is 7.87. The number of hydrogen-bond acceptors (Lipinski definition) is 4. The average molecular weight is 292 g/mol. The molecule has 1 saturated heterocycles. The minimum Gasteiger partial charge on any atom is -0.383 e. The number of rotatable bonds is 8. The Balaban J connectivity index is 1.90. The lowest BCUT2D eigenvalue weighted by Crippen LogP contribution is -2.31. The summed E-state index contributed by atoms with van der Waals surface area (Å²) in [4.78, 5) is 2.37. The lowest BCUT2D eigenvalue weighted by Gasteiger charge is -2.29. The summed E-state index contributed by atoms with van der Waals surface area (Å²) in [5.74, 6) is 0.651. The first-order valence-corrected chi connectivity index (χ1v) is 7.87. The van der Waals surface area contributed by atoms with E-state index in [1.165, 1.54) is 24.1 Å². The molecule has 0 radical (unpaired) electrons. The van der Waals surface area contributed by atoms with Crippen LogP contribution in [0, 0.1) is 5.92 Å². The van der Waals surface area contributed by atoms with E-state index in [-0.39, 0.29) is 0 Å². The molecule has 1 fully saturated rings. The van der Waals surface area contributed by atoms with Crippen molar-refractivity contribution >= 4 is 5.69 Å². The average Bonchev–Trinajstić information content (AvgIpc) is 2.53. The number of methoxy groups -OCH3 is 1. The van der Waals surface area contributed by atoms with Crippen molar-refractivity contribution in [3.8, 4) is 0 Å². The van der Waals surface area contributed by atoms with Crippen LogP contribution in [0.15, 0.2) is 24.3 Å². The number of nitrogens with one attached hydrogen (secondary N) is 1. The molecule has 0 aromatic heterocycles. The summed E-state index contributed by atoms with van der Waals surface area (Å²) in [6, 6.07) is 8.62. The Morgan fingerprint density at radius 3 is 3.00 bits per heavy atom. The molecule has 21 heavy (non-hydrogen) atoms. The quantitative estimate of drug-likeness (QED) is 0.745. The van der Waals surface area contributed by atoms with Gasteiger partial charge in [0.1, 0.15) is 0 Å². The molecule has 0 amide bonds. The molecule has 0 aliphatic carbocycles. The molecule has 1 aromatic carbocycles. The fourth-order valence-corrected chi connectivity index (χ4v) is 2.87. The Kier molecular flexibility index (Phi) is 7.00. The Hall–Kier alpha value is -1.10. The second-order valence-electron chi connectivity index (χ2n) is 5.76. The van der Waals surface area contributed by atoms with Gasteiger partial charge in [-0.2, -0.15) is 0 Å². The highest BCUT2D eigenvalue weighted by Gasteiger charge is 2.17. The SMILES string of the molecule is COCCNCc1ccccc1N(C)CC1CCCOC1. The van der Waals surface area contributed by atoms with Crippen LogP contribution in [0.1, 0.15) is 18.4 Å². The van der Waals surface area contributed by atoms with E-state index in [1.807, 2.05) is 0 Å². The maximum atomic E-state index is 5.59. The Bertz CT molecular complexity index is 406. The number of hydrogen-bond donors (Lipinski definition) is 1. The van der Waals surface area contributed by atoms with Crippen molar-refractivity contribution in [2.24, 2.45) is 5.92 Å². The number of benzene rings is 1. The van der Waals surface area contributed by atoms with Crippen LogP contribution >= 0.6 is 0 Å². The van der Waals surface area contributed by atoms with E-state index >= 15 is 0 Å². The summed E-state index contributed by atoms with van der Waals surface area (Å²) in [6.45, 7) is 5.40. The highest BCUT2D eigenvalue weighted by molar-refractivity contribution is 5.53. The largest absolute Gasteiger partial charge is 0.383 e. The number of anilines is 1. The predicted molar refractivity (Wildman–Crippen MR) is 86.8 cm³/mol. The molecule has 1 aliphatic rings. The van der Waals surface area contributed by atoms with Gasteiger partial charge in [-0.15, -0.1) is 0 Å². The molecule has 1 atom stereocenters. The number of para-hydroxylation sites is 1. The van der Waals surface area contributed by atoms with Gasteiger partial charge in [0.25, 0.3) is 0 Å². The van der Waals surface area contributed by atoms with Crippen molar-refractivity contribution in [2.75, 3.05) is 52.0 Å². The zero-order valence-electron chi connectivity index (χ0n) is 13.3. The maximum absolute atomic E-state index is 5.59. The molecule has 0 bridgehead atoms. The molecule has 118 valence electrons. The van der Waals surface area contributed by atoms with Gasteiger partial charge in [0, 0.05) is 46.1 Å². The van der Waals surface area contributed by atoms with Gasteiger partial charge in [-0.3, -0.25) is 0 Å². The summed E-state index contributed by atoms with van der Waals surface area (Å²) >= 11 is 0. The highest BCUT2D eigenvalue weighted by atomic mass is 16.5. The molecule has 2 rings (SSSR count). The van der Waals surface area contributed by atoms with Crippen molar-refractivity contribution in [3.63, 3.8) is 0 Å². The summed E-state index contributed by atoms with van der Waals surface area (Å²) < 4.78 is 10.7. The van der Waals surface area contributed by atoms with Gasteiger partial charge in [0.05, 0.1) is 13.2 Å². The van der Waals surface area contributed by atoms with Gasteiger partial charge in [-0.05, 0) is 30.4 Å². The minimum absolute atomic E-state index is 0.651. The molecule has 1 aromatic rings. The fourth-order valence-electron chi connectivity index (χ4n) is 2.87.